The first kappa shape index (κ1) is 26.0. The number of anilines is 1. The molecule has 1 aromatic heterocycles. The lowest BCUT2D eigenvalue weighted by atomic mass is 9.92. The molecule has 0 radical (unpaired) electrons. The Labute approximate surface area is 208 Å². The number of carbonyl (C=O) groups is 2. The standard InChI is InChI=1S/C28H36N4O3/c1-20(2)17-31(27(34)19-35-23-13-8-7-9-14-23)18-26(33)29-25-16-24(28(4,5)6)30-32(25)22-12-10-11-21(3)15-22/h7-16,20H,17-19H2,1-6H3,(H,29,33). The number of nitrogens with zero attached hydrogens (tertiary/aromatic N) is 3. The monoisotopic (exact) mass is 476 g/mol. The Hall–Kier alpha value is -3.61. The summed E-state index contributed by atoms with van der Waals surface area (Å²) in [5.74, 6) is 0.872. The van der Waals surface area contributed by atoms with E-state index >= 15 is 0 Å². The molecule has 0 unspecified atom stereocenters. The SMILES string of the molecule is Cc1cccc(-n2nc(C(C)(C)C)cc2NC(=O)CN(CC(C)C)C(=O)COc2ccccc2)c1. The fourth-order valence-electron chi connectivity index (χ4n) is 3.60. The summed E-state index contributed by atoms with van der Waals surface area (Å²) in [5, 5.41) is 7.75. The summed E-state index contributed by atoms with van der Waals surface area (Å²) in [6, 6.07) is 19.0. The van der Waals surface area contributed by atoms with Gasteiger partial charge in [0.05, 0.1) is 11.4 Å². The van der Waals surface area contributed by atoms with Gasteiger partial charge in [-0.2, -0.15) is 5.10 Å². The molecular formula is C28H36N4O3. The molecule has 7 nitrogen and oxygen atoms in total. The van der Waals surface area contributed by atoms with Crippen LogP contribution in [0.3, 0.4) is 0 Å². The molecule has 35 heavy (non-hydrogen) atoms. The van der Waals surface area contributed by atoms with Crippen molar-refractivity contribution in [1.29, 1.82) is 0 Å². The first-order chi connectivity index (χ1) is 16.5. The summed E-state index contributed by atoms with van der Waals surface area (Å²) in [6.07, 6.45) is 0. The second-order valence-corrected chi connectivity index (χ2v) is 10.2. The van der Waals surface area contributed by atoms with E-state index in [-0.39, 0.29) is 36.3 Å². The molecule has 0 bridgehead atoms. The second-order valence-electron chi connectivity index (χ2n) is 10.2. The predicted octanol–water partition coefficient (Wildman–Crippen LogP) is 4.98. The van der Waals surface area contributed by atoms with Gasteiger partial charge in [0.25, 0.3) is 5.91 Å². The Morgan fingerprint density at radius 3 is 2.40 bits per heavy atom. The molecule has 1 N–H and O–H groups in total. The van der Waals surface area contributed by atoms with Gasteiger partial charge in [0.15, 0.2) is 6.61 Å². The van der Waals surface area contributed by atoms with Gasteiger partial charge in [-0.3, -0.25) is 9.59 Å². The third-order valence-corrected chi connectivity index (χ3v) is 5.37. The molecule has 0 aliphatic carbocycles. The summed E-state index contributed by atoms with van der Waals surface area (Å²) in [5.41, 5.74) is 2.63. The fraction of sp³-hybridized carbons (Fsp3) is 0.393. The molecule has 0 saturated heterocycles. The summed E-state index contributed by atoms with van der Waals surface area (Å²) in [4.78, 5) is 27.6. The second kappa shape index (κ2) is 11.2. The van der Waals surface area contributed by atoms with E-state index in [1.807, 2.05) is 69.3 Å². The van der Waals surface area contributed by atoms with Gasteiger partial charge in [-0.25, -0.2) is 4.68 Å². The normalized spacial score (nSPS) is 11.4. The van der Waals surface area contributed by atoms with E-state index in [2.05, 4.69) is 26.1 Å². The predicted molar refractivity (Wildman–Crippen MR) is 139 cm³/mol. The van der Waals surface area contributed by atoms with Crippen LogP contribution in [0.1, 0.15) is 45.9 Å². The van der Waals surface area contributed by atoms with Crippen LogP contribution in [0.2, 0.25) is 0 Å². The first-order valence-electron chi connectivity index (χ1n) is 12.0. The van der Waals surface area contributed by atoms with Crippen LogP contribution in [0.25, 0.3) is 5.69 Å². The minimum absolute atomic E-state index is 0.0704. The van der Waals surface area contributed by atoms with Gasteiger partial charge in [-0.1, -0.05) is 65.0 Å². The highest BCUT2D eigenvalue weighted by Gasteiger charge is 2.23. The lowest BCUT2D eigenvalue weighted by molar-refractivity contribution is -0.137. The molecule has 0 aliphatic rings. The summed E-state index contributed by atoms with van der Waals surface area (Å²) in [7, 11) is 0. The molecule has 0 fully saturated rings. The van der Waals surface area contributed by atoms with Crippen LogP contribution in [-0.2, 0) is 15.0 Å². The van der Waals surface area contributed by atoms with Gasteiger partial charge in [0, 0.05) is 18.0 Å². The number of benzene rings is 2. The van der Waals surface area contributed by atoms with Crippen molar-refractivity contribution in [2.75, 3.05) is 25.0 Å². The Morgan fingerprint density at radius 2 is 1.77 bits per heavy atom. The van der Waals surface area contributed by atoms with E-state index in [0.29, 0.717) is 18.1 Å². The Kier molecular flexibility index (Phi) is 8.33. The highest BCUT2D eigenvalue weighted by molar-refractivity contribution is 5.94. The molecule has 1 heterocycles. The van der Waals surface area contributed by atoms with E-state index < -0.39 is 0 Å². The smallest absolute Gasteiger partial charge is 0.260 e. The van der Waals surface area contributed by atoms with Crippen LogP contribution < -0.4 is 10.1 Å². The highest BCUT2D eigenvalue weighted by Crippen LogP contribution is 2.26. The number of ether oxygens (including phenoxy) is 1. The number of hydrogen-bond donors (Lipinski definition) is 1. The first-order valence-corrected chi connectivity index (χ1v) is 12.0. The van der Waals surface area contributed by atoms with E-state index in [0.717, 1.165) is 16.9 Å². The van der Waals surface area contributed by atoms with Crippen molar-refractivity contribution in [1.82, 2.24) is 14.7 Å². The number of rotatable bonds is 9. The lowest BCUT2D eigenvalue weighted by Gasteiger charge is -2.24. The Bertz CT molecular complexity index is 1150. The zero-order valence-electron chi connectivity index (χ0n) is 21.5. The van der Waals surface area contributed by atoms with Crippen LogP contribution in [0.15, 0.2) is 60.7 Å². The largest absolute Gasteiger partial charge is 0.484 e. The van der Waals surface area contributed by atoms with Gasteiger partial charge in [-0.05, 0) is 42.7 Å². The van der Waals surface area contributed by atoms with Gasteiger partial charge in [0.2, 0.25) is 5.91 Å². The van der Waals surface area contributed by atoms with Crippen LogP contribution in [-0.4, -0.2) is 46.2 Å². The maximum atomic E-state index is 13.1. The number of aryl methyl sites for hydroxylation is 1. The number of aromatic nitrogens is 2. The minimum atomic E-state index is -0.284. The van der Waals surface area contributed by atoms with E-state index in [1.165, 1.54) is 0 Å². The van der Waals surface area contributed by atoms with Crippen molar-refractivity contribution < 1.29 is 14.3 Å². The van der Waals surface area contributed by atoms with Crippen molar-refractivity contribution in [2.24, 2.45) is 5.92 Å². The van der Waals surface area contributed by atoms with Crippen molar-refractivity contribution in [3.8, 4) is 11.4 Å². The molecule has 7 heteroatoms. The van der Waals surface area contributed by atoms with Crippen molar-refractivity contribution in [3.63, 3.8) is 0 Å². The third kappa shape index (κ3) is 7.44. The topological polar surface area (TPSA) is 76.5 Å². The molecule has 3 aromatic rings. The molecule has 186 valence electrons. The molecule has 2 aromatic carbocycles. The zero-order chi connectivity index (χ0) is 25.6. The molecule has 2 amide bonds. The molecule has 0 saturated carbocycles. The van der Waals surface area contributed by atoms with Crippen LogP contribution >= 0.6 is 0 Å². The van der Waals surface area contributed by atoms with Crippen molar-refractivity contribution >= 4 is 17.6 Å². The average molecular weight is 477 g/mol. The van der Waals surface area contributed by atoms with E-state index in [9.17, 15) is 9.59 Å². The number of nitrogens with one attached hydrogen (secondary N) is 1. The molecule has 0 atom stereocenters. The highest BCUT2D eigenvalue weighted by atomic mass is 16.5. The van der Waals surface area contributed by atoms with Crippen molar-refractivity contribution in [2.45, 2.75) is 47.0 Å². The van der Waals surface area contributed by atoms with Crippen molar-refractivity contribution in [3.05, 3.63) is 71.9 Å². The molecule has 3 rings (SSSR count). The van der Waals surface area contributed by atoms with Gasteiger partial charge < -0.3 is 15.0 Å². The molecular weight excluding hydrogens is 440 g/mol. The summed E-state index contributed by atoms with van der Waals surface area (Å²) < 4.78 is 7.37. The molecule has 0 spiro atoms. The third-order valence-electron chi connectivity index (χ3n) is 5.37. The lowest BCUT2D eigenvalue weighted by Crippen LogP contribution is -2.42. The van der Waals surface area contributed by atoms with Gasteiger partial charge in [0.1, 0.15) is 18.1 Å². The average Bonchev–Trinajstić information content (AvgIpc) is 3.21. The number of hydrogen-bond acceptors (Lipinski definition) is 4. The van der Waals surface area contributed by atoms with Crippen LogP contribution in [0, 0.1) is 12.8 Å². The maximum absolute atomic E-state index is 13.1. The van der Waals surface area contributed by atoms with Gasteiger partial charge >= 0.3 is 0 Å². The van der Waals surface area contributed by atoms with E-state index in [1.54, 1.807) is 21.7 Å². The summed E-state index contributed by atoms with van der Waals surface area (Å²) >= 11 is 0. The molecule has 0 aliphatic heterocycles. The Morgan fingerprint density at radius 1 is 1.06 bits per heavy atom. The number of para-hydroxylation sites is 1. The van der Waals surface area contributed by atoms with E-state index in [4.69, 9.17) is 9.84 Å². The number of carbonyl (C=O) groups excluding carboxylic acids is 2. The van der Waals surface area contributed by atoms with Crippen LogP contribution in [0.5, 0.6) is 5.75 Å². The minimum Gasteiger partial charge on any atom is -0.484 e. The Balaban J connectivity index is 1.77. The van der Waals surface area contributed by atoms with Crippen LogP contribution in [0.4, 0.5) is 5.82 Å². The quantitative estimate of drug-likeness (QED) is 0.473. The maximum Gasteiger partial charge on any atom is 0.260 e. The van der Waals surface area contributed by atoms with Gasteiger partial charge in [-0.15, -0.1) is 0 Å². The fourth-order valence-corrected chi connectivity index (χ4v) is 3.60. The number of amides is 2. The zero-order valence-corrected chi connectivity index (χ0v) is 21.5. The summed E-state index contributed by atoms with van der Waals surface area (Å²) in [6.45, 7) is 12.5.